The fraction of sp³-hybridized carbons (Fsp3) is 0.963. The number of aliphatic hydroxyl groups excluding tert-OH is 10. The Kier molecular flexibility index (Phi) is 15.5. The highest BCUT2D eigenvalue weighted by atomic mass is 31.2. The molecule has 13 N–H and O–H groups in total. The maximum atomic E-state index is 12.1. The number of carbonyl (C=O) groups excluding carboxylic acids is 1. The number of rotatable bonds is 14. The summed E-state index contributed by atoms with van der Waals surface area (Å²) in [6.45, 7) is -1.25. The van der Waals surface area contributed by atoms with Gasteiger partial charge in [0.25, 0.3) is 0 Å². The second kappa shape index (κ2) is 18.5. The van der Waals surface area contributed by atoms with Crippen LogP contribution < -0.4 is 5.32 Å². The van der Waals surface area contributed by atoms with Gasteiger partial charge in [-0.05, 0) is 12.8 Å². The SMILES string of the molecule is CC(=O)N[C@H]1[C@H](O[C@@H]2[C@H](O[C@H]3C[C@H](O)CO[C@H]3O[C@@H]3[C@H](O)[C@H](O)O[C@@H](CCO)[C@H]3O)O[C@@H](CCO)[C@@H](O)[C@@H]2O)O[C@H](CO)[C@@H](O)[C@@H]1OP(=O)(O)O. The van der Waals surface area contributed by atoms with Crippen molar-refractivity contribution < 1.29 is 108 Å². The van der Waals surface area contributed by atoms with E-state index in [9.17, 15) is 70.2 Å². The van der Waals surface area contributed by atoms with Crippen molar-refractivity contribution in [3.8, 4) is 0 Å². The molecule has 0 aliphatic carbocycles. The molecule has 1 amide bonds. The van der Waals surface area contributed by atoms with Crippen LogP contribution in [-0.2, 0) is 47.0 Å². The van der Waals surface area contributed by atoms with E-state index in [4.69, 9.17) is 37.7 Å². The van der Waals surface area contributed by atoms with Crippen LogP contribution in [0, 0.1) is 0 Å². The van der Waals surface area contributed by atoms with Gasteiger partial charge in [-0.15, -0.1) is 0 Å². The molecule has 0 radical (unpaired) electrons. The molecule has 0 saturated carbocycles. The highest BCUT2D eigenvalue weighted by molar-refractivity contribution is 7.46. The van der Waals surface area contributed by atoms with E-state index < -0.39 is 144 Å². The highest BCUT2D eigenvalue weighted by Gasteiger charge is 2.55. The molecule has 0 aromatic rings. The van der Waals surface area contributed by atoms with E-state index in [1.807, 2.05) is 0 Å². The summed E-state index contributed by atoms with van der Waals surface area (Å²) in [5, 5.41) is 106. The third-order valence-electron chi connectivity index (χ3n) is 8.77. The van der Waals surface area contributed by atoms with Crippen LogP contribution in [0.25, 0.3) is 0 Å². The van der Waals surface area contributed by atoms with Crippen molar-refractivity contribution >= 4 is 13.7 Å². The summed E-state index contributed by atoms with van der Waals surface area (Å²) >= 11 is 0. The van der Waals surface area contributed by atoms with E-state index >= 15 is 0 Å². The van der Waals surface area contributed by atoms with Gasteiger partial charge in [-0.25, -0.2) is 4.57 Å². The van der Waals surface area contributed by atoms with E-state index in [0.717, 1.165) is 6.92 Å². The van der Waals surface area contributed by atoms with E-state index in [2.05, 4.69) is 5.32 Å². The maximum Gasteiger partial charge on any atom is 0.470 e. The molecular weight excluding hydrogens is 721 g/mol. The molecule has 0 aromatic heterocycles. The Morgan fingerprint density at radius 1 is 0.725 bits per heavy atom. The molecule has 18 atom stereocenters. The molecule has 0 unspecified atom stereocenters. The summed E-state index contributed by atoms with van der Waals surface area (Å²) in [7, 11) is -5.37. The molecule has 4 aliphatic rings. The first kappa shape index (κ1) is 42.6. The van der Waals surface area contributed by atoms with Gasteiger partial charge in [0.15, 0.2) is 25.2 Å². The Bertz CT molecular complexity index is 1150. The summed E-state index contributed by atoms with van der Waals surface area (Å²) in [6.07, 6.45) is -29.0. The van der Waals surface area contributed by atoms with Crippen molar-refractivity contribution in [3.05, 3.63) is 0 Å². The zero-order chi connectivity index (χ0) is 37.8. The minimum absolute atomic E-state index is 0.146. The van der Waals surface area contributed by atoms with E-state index in [1.54, 1.807) is 0 Å². The normalized spacial score (nSPS) is 45.4. The minimum atomic E-state index is -5.37. The highest BCUT2D eigenvalue weighted by Crippen LogP contribution is 2.42. The molecular formula is C27H48NO22P. The van der Waals surface area contributed by atoms with Gasteiger partial charge >= 0.3 is 7.82 Å². The monoisotopic (exact) mass is 769 g/mol. The molecule has 4 fully saturated rings. The minimum Gasteiger partial charge on any atom is -0.396 e. The van der Waals surface area contributed by atoms with Crippen molar-refractivity contribution in [2.75, 3.05) is 26.4 Å². The molecule has 4 aliphatic heterocycles. The number of nitrogens with one attached hydrogen (secondary N) is 1. The van der Waals surface area contributed by atoms with Crippen molar-refractivity contribution in [2.45, 2.75) is 137 Å². The van der Waals surface area contributed by atoms with Crippen LogP contribution in [0.2, 0.25) is 0 Å². The van der Waals surface area contributed by atoms with Gasteiger partial charge in [-0.3, -0.25) is 9.32 Å². The number of phosphoric acid groups is 1. The number of hydrogen-bond acceptors (Lipinski definition) is 20. The van der Waals surface area contributed by atoms with Crippen LogP contribution in [0.1, 0.15) is 26.2 Å². The quantitative estimate of drug-likeness (QED) is 0.0730. The lowest BCUT2D eigenvalue weighted by Gasteiger charge is -2.49. The first-order valence-corrected chi connectivity index (χ1v) is 17.7. The summed E-state index contributed by atoms with van der Waals surface area (Å²) in [4.78, 5) is 31.2. The first-order valence-electron chi connectivity index (χ1n) is 16.1. The molecule has 4 saturated heterocycles. The molecule has 4 heterocycles. The fourth-order valence-electron chi connectivity index (χ4n) is 6.31. The van der Waals surface area contributed by atoms with Gasteiger partial charge in [-0.1, -0.05) is 0 Å². The van der Waals surface area contributed by atoms with Gasteiger partial charge in [0.05, 0.1) is 31.5 Å². The second-order valence-corrected chi connectivity index (χ2v) is 13.8. The summed E-state index contributed by atoms with van der Waals surface area (Å²) in [5.41, 5.74) is 0. The van der Waals surface area contributed by atoms with Crippen LogP contribution in [-0.4, -0.2) is 204 Å². The average molecular weight is 770 g/mol. The number of phosphoric ester groups is 1. The first-order chi connectivity index (χ1) is 24.0. The second-order valence-electron chi connectivity index (χ2n) is 12.6. The number of carbonyl (C=O) groups is 1. The van der Waals surface area contributed by atoms with Crippen molar-refractivity contribution in [3.63, 3.8) is 0 Å². The van der Waals surface area contributed by atoms with Crippen LogP contribution in [0.3, 0.4) is 0 Å². The van der Waals surface area contributed by atoms with Crippen molar-refractivity contribution in [1.82, 2.24) is 5.32 Å². The third kappa shape index (κ3) is 10.6. The van der Waals surface area contributed by atoms with Crippen LogP contribution in [0.5, 0.6) is 0 Å². The predicted octanol–water partition coefficient (Wildman–Crippen LogP) is -7.04. The van der Waals surface area contributed by atoms with Crippen LogP contribution >= 0.6 is 7.82 Å². The number of hydrogen-bond donors (Lipinski definition) is 13. The van der Waals surface area contributed by atoms with E-state index in [1.165, 1.54) is 0 Å². The largest absolute Gasteiger partial charge is 0.470 e. The number of amides is 1. The van der Waals surface area contributed by atoms with E-state index in [-0.39, 0.29) is 25.9 Å². The Morgan fingerprint density at radius 2 is 1.31 bits per heavy atom. The molecule has 0 aromatic carbocycles. The van der Waals surface area contributed by atoms with Gasteiger partial charge in [0.2, 0.25) is 5.91 Å². The zero-order valence-corrected chi connectivity index (χ0v) is 28.1. The molecule has 298 valence electrons. The Morgan fingerprint density at radius 3 is 1.90 bits per heavy atom. The fourth-order valence-corrected chi connectivity index (χ4v) is 6.89. The molecule has 23 nitrogen and oxygen atoms in total. The number of aliphatic hydroxyl groups is 10. The van der Waals surface area contributed by atoms with E-state index in [0.29, 0.717) is 0 Å². The maximum absolute atomic E-state index is 12.1. The van der Waals surface area contributed by atoms with Crippen LogP contribution in [0.4, 0.5) is 0 Å². The van der Waals surface area contributed by atoms with Gasteiger partial charge in [0, 0.05) is 26.6 Å². The third-order valence-corrected chi connectivity index (χ3v) is 9.29. The Balaban J connectivity index is 1.64. The van der Waals surface area contributed by atoms with Crippen molar-refractivity contribution in [1.29, 1.82) is 0 Å². The van der Waals surface area contributed by atoms with Crippen LogP contribution in [0.15, 0.2) is 0 Å². The molecule has 0 spiro atoms. The summed E-state index contributed by atoms with van der Waals surface area (Å²) in [5.74, 6) is -0.820. The number of ether oxygens (including phenoxy) is 7. The van der Waals surface area contributed by atoms with Crippen molar-refractivity contribution in [2.24, 2.45) is 0 Å². The Labute approximate surface area is 290 Å². The predicted molar refractivity (Wildman–Crippen MR) is 158 cm³/mol. The van der Waals surface area contributed by atoms with Gasteiger partial charge in [-0.2, -0.15) is 0 Å². The lowest BCUT2D eigenvalue weighted by molar-refractivity contribution is -0.382. The molecule has 4 rings (SSSR count). The molecule has 51 heavy (non-hydrogen) atoms. The lowest BCUT2D eigenvalue weighted by atomic mass is 9.95. The summed E-state index contributed by atoms with van der Waals surface area (Å²) in [6, 6.07) is -1.74. The average Bonchev–Trinajstić information content (AvgIpc) is 3.05. The van der Waals surface area contributed by atoms with Gasteiger partial charge in [0.1, 0.15) is 67.1 Å². The molecule has 24 heteroatoms. The lowest BCUT2D eigenvalue weighted by Crippen LogP contribution is -2.68. The molecule has 0 bridgehead atoms. The topological polar surface area (TPSA) is 363 Å². The van der Waals surface area contributed by atoms with Gasteiger partial charge < -0.3 is 99.3 Å². The smallest absolute Gasteiger partial charge is 0.396 e. The zero-order valence-electron chi connectivity index (χ0n) is 27.2. The summed E-state index contributed by atoms with van der Waals surface area (Å²) < 4.78 is 56.5. The standard InChI is InChI=1S/C27H48NO22P/c1-9(32)28-15-21(50-51(40,41)42)18(36)14(7-31)47-26(15)49-23-19(37)16(34)11(2-4-29)45-27(23)46-13-6-10(33)8-43-25(13)48-22-17(35)12(3-5-30)44-24(39)20(22)38/h10-27,29-31,33-39H,2-8H2,1H3,(H,28,32)(H2,40,41,42)/t10-,11-,12-,13-,14+,15+,16+,17+,18+,19-,20-,21+,22-,23-,24+,25-,26-,27-/m0/s1. The Hall–Kier alpha value is -1.10.